The number of amides is 1. The van der Waals surface area contributed by atoms with Crippen molar-refractivity contribution in [3.63, 3.8) is 0 Å². The minimum absolute atomic E-state index is 0.0678. The number of nitrogens with one attached hydrogen (secondary N) is 1. The van der Waals surface area contributed by atoms with E-state index in [2.05, 4.69) is 22.1 Å². The number of allylic oxidation sites excluding steroid dienone is 1. The zero-order valence-corrected chi connectivity index (χ0v) is 18.4. The molecule has 2 aromatic rings. The van der Waals surface area contributed by atoms with Crippen LogP contribution in [0.1, 0.15) is 18.2 Å². The molecule has 0 bridgehead atoms. The smallest absolute Gasteiger partial charge is 0.230 e. The first-order valence-corrected chi connectivity index (χ1v) is 13.1. The van der Waals surface area contributed by atoms with Crippen molar-refractivity contribution in [2.75, 3.05) is 29.6 Å². The molecule has 1 fully saturated rings. The Morgan fingerprint density at radius 3 is 2.76 bits per heavy atom. The van der Waals surface area contributed by atoms with Gasteiger partial charge in [-0.2, -0.15) is 0 Å². The number of hydrogen-bond acceptors (Lipinski definition) is 7. The molecule has 3 rings (SSSR count). The zero-order valence-electron chi connectivity index (χ0n) is 16.0. The van der Waals surface area contributed by atoms with Crippen molar-refractivity contribution >= 4 is 39.3 Å². The fourth-order valence-corrected chi connectivity index (χ4v) is 6.38. The van der Waals surface area contributed by atoms with Gasteiger partial charge in [-0.15, -0.1) is 28.5 Å². The highest BCUT2D eigenvalue weighted by molar-refractivity contribution is 7.99. The maximum Gasteiger partial charge on any atom is 0.230 e. The van der Waals surface area contributed by atoms with Gasteiger partial charge in [0.25, 0.3) is 0 Å². The summed E-state index contributed by atoms with van der Waals surface area (Å²) in [6.45, 7) is 4.83. The van der Waals surface area contributed by atoms with E-state index in [1.165, 1.54) is 16.7 Å². The van der Waals surface area contributed by atoms with Crippen LogP contribution < -0.4 is 5.32 Å². The van der Waals surface area contributed by atoms with Gasteiger partial charge in [0, 0.05) is 29.7 Å². The Hall–Kier alpha value is -1.78. The summed E-state index contributed by atoms with van der Waals surface area (Å²) in [5.41, 5.74) is 0. The van der Waals surface area contributed by atoms with Crippen LogP contribution in [-0.4, -0.2) is 58.6 Å². The summed E-state index contributed by atoms with van der Waals surface area (Å²) < 4.78 is 25.4. The number of rotatable bonds is 10. The number of carbonyl (C=O) groups excluding carboxylic acids is 1. The van der Waals surface area contributed by atoms with Gasteiger partial charge in [0.15, 0.2) is 15.0 Å². The average Bonchev–Trinajstić information content (AvgIpc) is 3.27. The van der Waals surface area contributed by atoms with Gasteiger partial charge in [0.05, 0.1) is 17.3 Å². The molecule has 0 aliphatic carbocycles. The molecular formula is C19H24N4O3S3. The van der Waals surface area contributed by atoms with E-state index in [0.717, 1.165) is 5.75 Å². The third kappa shape index (κ3) is 6.35. The topological polar surface area (TPSA) is 93.9 Å². The Balaban J connectivity index is 1.49. The van der Waals surface area contributed by atoms with Gasteiger partial charge in [-0.3, -0.25) is 4.79 Å². The Bertz CT molecular complexity index is 945. The first-order valence-electron chi connectivity index (χ1n) is 9.30. The molecule has 1 amide bonds. The lowest BCUT2D eigenvalue weighted by Crippen LogP contribution is -2.27. The maximum absolute atomic E-state index is 12.1. The summed E-state index contributed by atoms with van der Waals surface area (Å²) in [6, 6.07) is 10.0. The van der Waals surface area contributed by atoms with Crippen LogP contribution in [0.5, 0.6) is 0 Å². The fourth-order valence-electron chi connectivity index (χ4n) is 3.07. The Morgan fingerprint density at radius 2 is 2.07 bits per heavy atom. The second-order valence-electron chi connectivity index (χ2n) is 6.64. The second-order valence-corrected chi connectivity index (χ2v) is 11.0. The normalized spacial score (nSPS) is 17.9. The molecule has 1 saturated heterocycles. The molecule has 1 aliphatic rings. The van der Waals surface area contributed by atoms with Crippen LogP contribution in [-0.2, 0) is 21.2 Å². The quantitative estimate of drug-likeness (QED) is 0.336. The maximum atomic E-state index is 12.1. The van der Waals surface area contributed by atoms with Gasteiger partial charge in [-0.05, 0) is 18.6 Å². The second kappa shape index (κ2) is 10.3. The van der Waals surface area contributed by atoms with Crippen LogP contribution in [0.3, 0.4) is 0 Å². The average molecular weight is 453 g/mol. The number of hydrogen-bond donors (Lipinski definition) is 1. The minimum atomic E-state index is -3.00. The predicted molar refractivity (Wildman–Crippen MR) is 117 cm³/mol. The van der Waals surface area contributed by atoms with Gasteiger partial charge in [-0.1, -0.05) is 36.0 Å². The van der Waals surface area contributed by atoms with Gasteiger partial charge in [-0.25, -0.2) is 8.42 Å². The van der Waals surface area contributed by atoms with E-state index in [1.54, 1.807) is 17.8 Å². The standard InChI is InChI=1S/C19H24N4O3S3/c1-2-10-23-18(15-8-12-29(25,26)14-15)21-22-19(23)28-13-17(24)20-9-11-27-16-6-4-3-5-7-16/h2-7,15H,1,8-14H2,(H,20,24). The lowest BCUT2D eigenvalue weighted by molar-refractivity contribution is -0.118. The minimum Gasteiger partial charge on any atom is -0.355 e. The van der Waals surface area contributed by atoms with Gasteiger partial charge >= 0.3 is 0 Å². The zero-order chi connectivity index (χ0) is 20.7. The van der Waals surface area contributed by atoms with Crippen LogP contribution in [0.2, 0.25) is 0 Å². The van der Waals surface area contributed by atoms with Crippen LogP contribution in [0.25, 0.3) is 0 Å². The molecule has 0 spiro atoms. The summed E-state index contributed by atoms with van der Waals surface area (Å²) in [6.07, 6.45) is 2.28. The first-order chi connectivity index (χ1) is 14.0. The van der Waals surface area contributed by atoms with E-state index >= 15 is 0 Å². The Morgan fingerprint density at radius 1 is 1.28 bits per heavy atom. The molecule has 10 heteroatoms. The highest BCUT2D eigenvalue weighted by Crippen LogP contribution is 2.30. The van der Waals surface area contributed by atoms with Crippen molar-refractivity contribution in [3.8, 4) is 0 Å². The molecule has 29 heavy (non-hydrogen) atoms. The van der Waals surface area contributed by atoms with Gasteiger partial charge in [0.1, 0.15) is 5.82 Å². The van der Waals surface area contributed by atoms with E-state index < -0.39 is 9.84 Å². The molecular weight excluding hydrogens is 428 g/mol. The van der Waals surface area contributed by atoms with Crippen LogP contribution >= 0.6 is 23.5 Å². The summed E-state index contributed by atoms with van der Waals surface area (Å²) >= 11 is 3.00. The lowest BCUT2D eigenvalue weighted by Gasteiger charge is -2.11. The summed E-state index contributed by atoms with van der Waals surface area (Å²) in [5, 5.41) is 11.9. The lowest BCUT2D eigenvalue weighted by atomic mass is 10.1. The Kier molecular flexibility index (Phi) is 7.79. The number of nitrogens with zero attached hydrogens (tertiary/aromatic N) is 3. The van der Waals surface area contributed by atoms with E-state index in [1.807, 2.05) is 34.9 Å². The van der Waals surface area contributed by atoms with Crippen molar-refractivity contribution in [1.29, 1.82) is 0 Å². The SMILES string of the molecule is C=CCn1c(SCC(=O)NCCSc2ccccc2)nnc1C1CCS(=O)(=O)C1. The number of thioether (sulfide) groups is 2. The largest absolute Gasteiger partial charge is 0.355 e. The monoisotopic (exact) mass is 452 g/mol. The van der Waals surface area contributed by atoms with Crippen LogP contribution in [0.15, 0.2) is 53.0 Å². The molecule has 0 saturated carbocycles. The van der Waals surface area contributed by atoms with E-state index in [9.17, 15) is 13.2 Å². The van der Waals surface area contributed by atoms with E-state index in [0.29, 0.717) is 30.5 Å². The Labute approximate surface area is 179 Å². The third-order valence-electron chi connectivity index (χ3n) is 4.42. The highest BCUT2D eigenvalue weighted by Gasteiger charge is 2.33. The molecule has 1 unspecified atom stereocenters. The number of benzene rings is 1. The van der Waals surface area contributed by atoms with Crippen molar-refractivity contribution in [1.82, 2.24) is 20.1 Å². The van der Waals surface area contributed by atoms with E-state index in [-0.39, 0.29) is 29.1 Å². The molecule has 1 N–H and O–H groups in total. The third-order valence-corrected chi connectivity index (χ3v) is 8.17. The van der Waals surface area contributed by atoms with Crippen LogP contribution in [0, 0.1) is 0 Å². The number of sulfone groups is 1. The summed E-state index contributed by atoms with van der Waals surface area (Å²) in [4.78, 5) is 13.3. The molecule has 1 aromatic carbocycles. The molecule has 0 radical (unpaired) electrons. The molecule has 1 aromatic heterocycles. The van der Waals surface area contributed by atoms with Crippen molar-refractivity contribution in [3.05, 3.63) is 48.8 Å². The van der Waals surface area contributed by atoms with E-state index in [4.69, 9.17) is 0 Å². The molecule has 156 valence electrons. The first kappa shape index (κ1) is 21.9. The van der Waals surface area contributed by atoms with Gasteiger partial charge in [0.2, 0.25) is 5.91 Å². The molecule has 1 atom stereocenters. The van der Waals surface area contributed by atoms with Crippen molar-refractivity contribution in [2.24, 2.45) is 0 Å². The highest BCUT2D eigenvalue weighted by atomic mass is 32.2. The molecule has 1 aliphatic heterocycles. The fraction of sp³-hybridized carbons (Fsp3) is 0.421. The molecule has 2 heterocycles. The number of aromatic nitrogens is 3. The van der Waals surface area contributed by atoms with Crippen LogP contribution in [0.4, 0.5) is 0 Å². The molecule has 7 nitrogen and oxygen atoms in total. The number of carbonyl (C=O) groups is 1. The van der Waals surface area contributed by atoms with Crippen molar-refractivity contribution in [2.45, 2.75) is 28.9 Å². The van der Waals surface area contributed by atoms with Crippen molar-refractivity contribution < 1.29 is 13.2 Å². The van der Waals surface area contributed by atoms with Gasteiger partial charge < -0.3 is 9.88 Å². The summed E-state index contributed by atoms with van der Waals surface area (Å²) in [5.74, 6) is 1.76. The summed E-state index contributed by atoms with van der Waals surface area (Å²) in [7, 11) is -3.00. The predicted octanol–water partition coefficient (Wildman–Crippen LogP) is 2.37.